The summed E-state index contributed by atoms with van der Waals surface area (Å²) in [5.41, 5.74) is 5.32. The summed E-state index contributed by atoms with van der Waals surface area (Å²) in [6.07, 6.45) is 9.01. The molecule has 2 aromatic carbocycles. The SMILES string of the molecule is CCCCCN[C@@H](Cc1ccc(C(C(=O)O)P(=O)(O)O)cc1)C(=O)C(C)c1ccc(OCC2CCCCC2)c(C(N)=O)c1. The van der Waals surface area contributed by atoms with Crippen LogP contribution >= 0.6 is 7.60 Å². The number of nitrogens with two attached hydrogens (primary N) is 1. The molecule has 43 heavy (non-hydrogen) atoms. The number of primary amides is 1. The highest BCUT2D eigenvalue weighted by atomic mass is 31.2. The minimum Gasteiger partial charge on any atom is -0.492 e. The Balaban J connectivity index is 1.79. The Kier molecular flexibility index (Phi) is 12.9. The summed E-state index contributed by atoms with van der Waals surface area (Å²) in [5, 5.41) is 12.7. The first-order chi connectivity index (χ1) is 20.4. The average Bonchev–Trinajstić information content (AvgIpc) is 2.97. The van der Waals surface area contributed by atoms with E-state index in [0.29, 0.717) is 35.9 Å². The number of carboxylic acid groups (broad SMARTS) is 1. The molecule has 1 fully saturated rings. The van der Waals surface area contributed by atoms with Crippen LogP contribution in [0.3, 0.4) is 0 Å². The summed E-state index contributed by atoms with van der Waals surface area (Å²) in [6, 6.07) is 10.5. The molecule has 0 aromatic heterocycles. The van der Waals surface area contributed by atoms with Gasteiger partial charge in [-0.15, -0.1) is 0 Å². The number of unbranched alkanes of at least 4 members (excludes halogenated alkanes) is 2. The largest absolute Gasteiger partial charge is 0.492 e. The lowest BCUT2D eigenvalue weighted by molar-refractivity contribution is -0.137. The monoisotopic (exact) mass is 616 g/mol. The number of carbonyl (C=O) groups is 3. The van der Waals surface area contributed by atoms with Gasteiger partial charge in [0.25, 0.3) is 5.91 Å². The summed E-state index contributed by atoms with van der Waals surface area (Å²) >= 11 is 0. The van der Waals surface area contributed by atoms with Crippen LogP contribution in [0.5, 0.6) is 5.75 Å². The highest BCUT2D eigenvalue weighted by molar-refractivity contribution is 7.53. The highest BCUT2D eigenvalue weighted by Crippen LogP contribution is 2.51. The lowest BCUT2D eigenvalue weighted by atomic mass is 9.88. The van der Waals surface area contributed by atoms with Crippen LogP contribution in [0.4, 0.5) is 0 Å². The minimum atomic E-state index is -4.92. The van der Waals surface area contributed by atoms with Crippen molar-refractivity contribution in [3.05, 3.63) is 64.7 Å². The molecule has 11 heteroatoms. The molecule has 1 aliphatic rings. The predicted molar refractivity (Wildman–Crippen MR) is 164 cm³/mol. The van der Waals surface area contributed by atoms with E-state index in [4.69, 9.17) is 10.5 Å². The normalized spacial score (nSPS) is 16.3. The number of amides is 1. The standard InChI is InChI=1S/C32H45N2O8P/c1-3-4-8-17-34-27(18-22-11-13-24(14-12-22)30(32(37)38)43(39,40)41)29(35)21(2)25-15-16-28(26(19-25)31(33)36)42-20-23-9-6-5-7-10-23/h11-16,19,21,23,27,30,34H,3-10,17-18,20H2,1-2H3,(H2,33,36)(H,37,38)(H2,39,40,41)/t21?,27-,30?/m0/s1. The number of carboxylic acids is 1. The van der Waals surface area contributed by atoms with Crippen LogP contribution in [0.15, 0.2) is 42.5 Å². The maximum absolute atomic E-state index is 13.8. The second-order valence-corrected chi connectivity index (χ2v) is 13.2. The number of hydrogen-bond donors (Lipinski definition) is 5. The second kappa shape index (κ2) is 16.1. The molecule has 236 valence electrons. The van der Waals surface area contributed by atoms with E-state index in [1.807, 2.05) is 0 Å². The Morgan fingerprint density at radius 2 is 1.67 bits per heavy atom. The number of benzene rings is 2. The van der Waals surface area contributed by atoms with Gasteiger partial charge in [0.15, 0.2) is 11.4 Å². The van der Waals surface area contributed by atoms with Crippen molar-refractivity contribution in [3.63, 3.8) is 0 Å². The zero-order chi connectivity index (χ0) is 31.6. The van der Waals surface area contributed by atoms with Gasteiger partial charge in [0.1, 0.15) is 5.75 Å². The van der Waals surface area contributed by atoms with Gasteiger partial charge >= 0.3 is 13.6 Å². The quantitative estimate of drug-likeness (QED) is 0.119. The number of aliphatic carboxylic acids is 1. The van der Waals surface area contributed by atoms with Crippen molar-refractivity contribution in [1.82, 2.24) is 5.32 Å². The Morgan fingerprint density at radius 3 is 2.26 bits per heavy atom. The van der Waals surface area contributed by atoms with E-state index in [1.165, 1.54) is 31.4 Å². The number of ether oxygens (including phenoxy) is 1. The van der Waals surface area contributed by atoms with Gasteiger partial charge in [-0.1, -0.05) is 76.3 Å². The van der Waals surface area contributed by atoms with Crippen LogP contribution in [0.2, 0.25) is 0 Å². The molecule has 3 rings (SSSR count). The van der Waals surface area contributed by atoms with Gasteiger partial charge in [0, 0.05) is 5.92 Å². The number of carbonyl (C=O) groups excluding carboxylic acids is 2. The zero-order valence-corrected chi connectivity index (χ0v) is 25.9. The fourth-order valence-electron chi connectivity index (χ4n) is 5.64. The van der Waals surface area contributed by atoms with E-state index < -0.39 is 37.1 Å². The number of Topliss-reactive ketones (excluding diaryl/α,β-unsaturated/α-hetero) is 1. The van der Waals surface area contributed by atoms with Crippen LogP contribution < -0.4 is 15.8 Å². The fraction of sp³-hybridized carbons (Fsp3) is 0.531. The van der Waals surface area contributed by atoms with Gasteiger partial charge in [-0.2, -0.15) is 0 Å². The number of nitrogens with one attached hydrogen (secondary N) is 1. The van der Waals surface area contributed by atoms with Gasteiger partial charge in [-0.25, -0.2) is 0 Å². The molecule has 6 N–H and O–H groups in total. The summed E-state index contributed by atoms with van der Waals surface area (Å²) in [7, 11) is -4.92. The van der Waals surface area contributed by atoms with Gasteiger partial charge in [-0.3, -0.25) is 18.9 Å². The predicted octanol–water partition coefficient (Wildman–Crippen LogP) is 5.11. The van der Waals surface area contributed by atoms with Gasteiger partial charge in [0.05, 0.1) is 18.2 Å². The molecular formula is C32H45N2O8P. The minimum absolute atomic E-state index is 0.0125. The van der Waals surface area contributed by atoms with Crippen molar-refractivity contribution in [2.24, 2.45) is 11.7 Å². The van der Waals surface area contributed by atoms with Crippen molar-refractivity contribution in [1.29, 1.82) is 0 Å². The first-order valence-electron chi connectivity index (χ1n) is 15.1. The number of rotatable bonds is 17. The van der Waals surface area contributed by atoms with Crippen LogP contribution in [0, 0.1) is 5.92 Å². The summed E-state index contributed by atoms with van der Waals surface area (Å²) < 4.78 is 17.7. The lowest BCUT2D eigenvalue weighted by Gasteiger charge is -2.24. The highest BCUT2D eigenvalue weighted by Gasteiger charge is 2.37. The summed E-state index contributed by atoms with van der Waals surface area (Å²) in [6.45, 7) is 5.02. The molecule has 0 radical (unpaired) electrons. The van der Waals surface area contributed by atoms with Gasteiger partial charge in [0.2, 0.25) is 0 Å². The Bertz CT molecular complexity index is 1290. The van der Waals surface area contributed by atoms with Gasteiger partial charge in [-0.05, 0) is 67.0 Å². The number of ketones is 1. The molecule has 0 heterocycles. The lowest BCUT2D eigenvalue weighted by Crippen LogP contribution is -2.41. The zero-order valence-electron chi connectivity index (χ0n) is 25.0. The van der Waals surface area contributed by atoms with Crippen LogP contribution in [0.25, 0.3) is 0 Å². The van der Waals surface area contributed by atoms with Gasteiger partial charge < -0.3 is 30.7 Å². The summed E-state index contributed by atoms with van der Waals surface area (Å²) in [5.74, 6) is -2.02. The molecule has 3 atom stereocenters. The first kappa shape index (κ1) is 34.5. The molecule has 1 saturated carbocycles. The van der Waals surface area contributed by atoms with E-state index in [-0.39, 0.29) is 23.3 Å². The van der Waals surface area contributed by atoms with Crippen molar-refractivity contribution in [2.75, 3.05) is 13.2 Å². The smallest absolute Gasteiger partial charge is 0.344 e. The van der Waals surface area contributed by atoms with E-state index >= 15 is 0 Å². The third kappa shape index (κ3) is 10.00. The third-order valence-corrected chi connectivity index (χ3v) is 9.41. The maximum Gasteiger partial charge on any atom is 0.344 e. The molecule has 0 aliphatic heterocycles. The van der Waals surface area contributed by atoms with E-state index in [0.717, 1.165) is 32.1 Å². The molecule has 10 nitrogen and oxygen atoms in total. The molecule has 1 amide bonds. The molecule has 2 unspecified atom stereocenters. The first-order valence-corrected chi connectivity index (χ1v) is 16.8. The third-order valence-electron chi connectivity index (χ3n) is 8.22. The van der Waals surface area contributed by atoms with Crippen LogP contribution in [-0.4, -0.2) is 51.7 Å². The van der Waals surface area contributed by atoms with E-state index in [1.54, 1.807) is 37.3 Å². The molecular weight excluding hydrogens is 571 g/mol. The Labute approximate surface area is 253 Å². The molecule has 0 saturated heterocycles. The maximum atomic E-state index is 13.8. The molecule has 0 spiro atoms. The molecule has 1 aliphatic carbocycles. The Morgan fingerprint density at radius 1 is 1.02 bits per heavy atom. The fourth-order valence-corrected chi connectivity index (χ4v) is 6.49. The van der Waals surface area contributed by atoms with E-state index in [9.17, 15) is 33.8 Å². The van der Waals surface area contributed by atoms with Crippen LogP contribution in [-0.2, 0) is 20.6 Å². The second-order valence-electron chi connectivity index (χ2n) is 11.5. The molecule has 0 bridgehead atoms. The van der Waals surface area contributed by atoms with E-state index in [2.05, 4.69) is 12.2 Å². The van der Waals surface area contributed by atoms with Crippen molar-refractivity contribution < 1.29 is 38.6 Å². The molecule has 2 aromatic rings. The van der Waals surface area contributed by atoms with Crippen molar-refractivity contribution >= 4 is 25.3 Å². The van der Waals surface area contributed by atoms with Crippen molar-refractivity contribution in [3.8, 4) is 5.75 Å². The summed E-state index contributed by atoms with van der Waals surface area (Å²) in [4.78, 5) is 56.6. The van der Waals surface area contributed by atoms with Crippen molar-refractivity contribution in [2.45, 2.75) is 89.3 Å². The average molecular weight is 617 g/mol. The number of hydrogen-bond acceptors (Lipinski definition) is 6. The topological polar surface area (TPSA) is 176 Å². The Hall–Kier alpha value is -3.04. The van der Waals surface area contributed by atoms with Crippen LogP contribution in [0.1, 0.15) is 104 Å².